The van der Waals surface area contributed by atoms with E-state index >= 15 is 0 Å². The van der Waals surface area contributed by atoms with Crippen molar-refractivity contribution in [3.8, 4) is 0 Å². The summed E-state index contributed by atoms with van der Waals surface area (Å²) in [4.78, 5) is 2.53. The zero-order valence-corrected chi connectivity index (χ0v) is 11.7. The second kappa shape index (κ2) is 6.29. The van der Waals surface area contributed by atoms with Gasteiger partial charge in [-0.2, -0.15) is 0 Å². The number of methoxy groups -OCH3 is 1. The monoisotopic (exact) mass is 252 g/mol. The molecule has 1 aliphatic rings. The van der Waals surface area contributed by atoms with E-state index < -0.39 is 0 Å². The summed E-state index contributed by atoms with van der Waals surface area (Å²) < 4.78 is 7.27. The third kappa shape index (κ3) is 3.09. The van der Waals surface area contributed by atoms with Crippen LogP contribution >= 0.6 is 0 Å². The zero-order valence-electron chi connectivity index (χ0n) is 11.7. The summed E-state index contributed by atoms with van der Waals surface area (Å²) in [6, 6.07) is 0.614. The molecule has 1 aromatic rings. The van der Waals surface area contributed by atoms with E-state index in [1.54, 1.807) is 7.11 Å². The van der Waals surface area contributed by atoms with Crippen molar-refractivity contribution in [3.63, 3.8) is 0 Å². The van der Waals surface area contributed by atoms with Crippen molar-refractivity contribution < 1.29 is 4.74 Å². The van der Waals surface area contributed by atoms with Gasteiger partial charge >= 0.3 is 0 Å². The molecule has 1 fully saturated rings. The molecule has 0 radical (unpaired) electrons. The molecule has 0 N–H and O–H groups in total. The van der Waals surface area contributed by atoms with E-state index in [1.165, 1.54) is 19.4 Å². The molecule has 1 unspecified atom stereocenters. The lowest BCUT2D eigenvalue weighted by Crippen LogP contribution is -2.39. The molecule has 0 aliphatic carbocycles. The predicted octanol–water partition coefficient (Wildman–Crippen LogP) is 1.51. The van der Waals surface area contributed by atoms with E-state index in [0.29, 0.717) is 18.6 Å². The van der Waals surface area contributed by atoms with Gasteiger partial charge in [0.2, 0.25) is 0 Å². The highest BCUT2D eigenvalue weighted by atomic mass is 16.5. The number of nitrogens with zero attached hydrogens (tertiary/aromatic N) is 4. The number of aromatic nitrogens is 3. The molecule has 2 rings (SSSR count). The second-order valence-corrected chi connectivity index (χ2v) is 5.30. The van der Waals surface area contributed by atoms with Gasteiger partial charge in [-0.1, -0.05) is 0 Å². The molecule has 0 aromatic carbocycles. The summed E-state index contributed by atoms with van der Waals surface area (Å²) in [5.41, 5.74) is 0. The first-order valence-electron chi connectivity index (χ1n) is 6.83. The third-order valence-corrected chi connectivity index (χ3v) is 3.73. The highest BCUT2D eigenvalue weighted by molar-refractivity contribution is 5.00. The van der Waals surface area contributed by atoms with Crippen LogP contribution in [0.25, 0.3) is 0 Å². The molecule has 0 saturated carbocycles. The summed E-state index contributed by atoms with van der Waals surface area (Å²) in [5, 5.41) is 8.38. The highest BCUT2D eigenvalue weighted by Crippen LogP contribution is 2.26. The normalized spacial score (nSPS) is 21.7. The van der Waals surface area contributed by atoms with Gasteiger partial charge in [-0.05, 0) is 33.2 Å². The van der Waals surface area contributed by atoms with Crippen molar-refractivity contribution in [1.29, 1.82) is 0 Å². The van der Waals surface area contributed by atoms with Gasteiger partial charge in [-0.15, -0.1) is 10.2 Å². The molecular weight excluding hydrogens is 228 g/mol. The largest absolute Gasteiger partial charge is 0.383 e. The van der Waals surface area contributed by atoms with E-state index in [9.17, 15) is 0 Å². The van der Waals surface area contributed by atoms with Crippen molar-refractivity contribution in [2.75, 3.05) is 26.8 Å². The van der Waals surface area contributed by atoms with Gasteiger partial charge < -0.3 is 14.2 Å². The Morgan fingerprint density at radius 1 is 1.50 bits per heavy atom. The summed E-state index contributed by atoms with van der Waals surface area (Å²) in [6.45, 7) is 8.39. The molecule has 102 valence electrons. The smallest absolute Gasteiger partial charge is 0.137 e. The van der Waals surface area contributed by atoms with Crippen molar-refractivity contribution in [2.24, 2.45) is 0 Å². The zero-order chi connectivity index (χ0) is 13.0. The fraction of sp³-hybridized carbons (Fsp3) is 0.846. The third-order valence-electron chi connectivity index (χ3n) is 3.73. The molecule has 1 atom stereocenters. The lowest BCUT2D eigenvalue weighted by molar-refractivity contribution is 0.159. The molecular formula is C13H24N4O. The Balaban J connectivity index is 2.04. The van der Waals surface area contributed by atoms with Crippen molar-refractivity contribution in [1.82, 2.24) is 19.7 Å². The fourth-order valence-electron chi connectivity index (χ4n) is 2.63. The van der Waals surface area contributed by atoms with Gasteiger partial charge in [0.1, 0.15) is 12.2 Å². The van der Waals surface area contributed by atoms with Crippen LogP contribution in [0.2, 0.25) is 0 Å². The van der Waals surface area contributed by atoms with E-state index in [-0.39, 0.29) is 0 Å². The maximum atomic E-state index is 5.13. The van der Waals surface area contributed by atoms with Crippen molar-refractivity contribution in [3.05, 3.63) is 12.2 Å². The topological polar surface area (TPSA) is 43.2 Å². The van der Waals surface area contributed by atoms with E-state index in [1.807, 2.05) is 6.33 Å². The van der Waals surface area contributed by atoms with Crippen LogP contribution in [-0.4, -0.2) is 52.5 Å². The number of hydrogen-bond donors (Lipinski definition) is 0. The minimum absolute atomic E-state index is 0.514. The van der Waals surface area contributed by atoms with E-state index in [2.05, 4.69) is 33.5 Å². The molecule has 5 nitrogen and oxygen atoms in total. The molecule has 18 heavy (non-hydrogen) atoms. The lowest BCUT2D eigenvalue weighted by atomic mass is 9.96. The molecule has 1 aromatic heterocycles. The highest BCUT2D eigenvalue weighted by Gasteiger charge is 2.26. The predicted molar refractivity (Wildman–Crippen MR) is 70.6 cm³/mol. The minimum Gasteiger partial charge on any atom is -0.383 e. The van der Waals surface area contributed by atoms with Crippen LogP contribution in [0.1, 0.15) is 38.4 Å². The Hall–Kier alpha value is -0.940. The maximum absolute atomic E-state index is 5.13. The number of ether oxygens (including phenoxy) is 1. The molecule has 0 bridgehead atoms. The Labute approximate surface area is 109 Å². The number of hydrogen-bond acceptors (Lipinski definition) is 4. The van der Waals surface area contributed by atoms with Gasteiger partial charge in [-0.3, -0.25) is 0 Å². The van der Waals surface area contributed by atoms with E-state index in [0.717, 1.165) is 18.9 Å². The van der Waals surface area contributed by atoms with Crippen LogP contribution in [0.5, 0.6) is 0 Å². The van der Waals surface area contributed by atoms with Crippen LogP contribution < -0.4 is 0 Å². The van der Waals surface area contributed by atoms with Gasteiger partial charge in [0.15, 0.2) is 0 Å². The summed E-state index contributed by atoms with van der Waals surface area (Å²) in [6.07, 6.45) is 4.29. The molecule has 5 heteroatoms. The standard InChI is InChI=1S/C13H24N4O/c1-11(2)16-6-4-5-12(9-16)13-15-14-10-17(13)7-8-18-3/h10-12H,4-9H2,1-3H3. The molecule has 0 spiro atoms. The van der Waals surface area contributed by atoms with Crippen LogP contribution in [-0.2, 0) is 11.3 Å². The quantitative estimate of drug-likeness (QED) is 0.797. The Bertz CT molecular complexity index is 364. The molecule has 0 amide bonds. The fourth-order valence-corrected chi connectivity index (χ4v) is 2.63. The first kappa shape index (κ1) is 13.5. The summed E-state index contributed by atoms with van der Waals surface area (Å²) in [7, 11) is 1.73. The molecule has 1 aliphatic heterocycles. The number of rotatable bonds is 5. The number of piperidine rings is 1. The first-order valence-corrected chi connectivity index (χ1v) is 6.83. The lowest BCUT2D eigenvalue weighted by Gasteiger charge is -2.35. The van der Waals surface area contributed by atoms with Crippen molar-refractivity contribution >= 4 is 0 Å². The van der Waals surface area contributed by atoms with Gasteiger partial charge in [0.05, 0.1) is 6.61 Å². The summed E-state index contributed by atoms with van der Waals surface area (Å²) in [5.74, 6) is 1.64. The van der Waals surface area contributed by atoms with Gasteiger partial charge in [-0.25, -0.2) is 0 Å². The SMILES string of the molecule is COCCn1cnnc1C1CCCN(C(C)C)C1. The Morgan fingerprint density at radius 3 is 3.06 bits per heavy atom. The van der Waals surface area contributed by atoms with Gasteiger partial charge in [0, 0.05) is 32.2 Å². The van der Waals surface area contributed by atoms with Crippen LogP contribution in [0, 0.1) is 0 Å². The first-order chi connectivity index (χ1) is 8.72. The minimum atomic E-state index is 0.514. The van der Waals surface area contributed by atoms with Crippen LogP contribution in [0.15, 0.2) is 6.33 Å². The van der Waals surface area contributed by atoms with Gasteiger partial charge in [0.25, 0.3) is 0 Å². The maximum Gasteiger partial charge on any atom is 0.137 e. The Kier molecular flexibility index (Phi) is 4.72. The van der Waals surface area contributed by atoms with Crippen LogP contribution in [0.4, 0.5) is 0 Å². The average molecular weight is 252 g/mol. The van der Waals surface area contributed by atoms with E-state index in [4.69, 9.17) is 4.74 Å². The molecule has 2 heterocycles. The summed E-state index contributed by atoms with van der Waals surface area (Å²) >= 11 is 0. The number of likely N-dealkylation sites (tertiary alicyclic amines) is 1. The molecule has 1 saturated heterocycles. The Morgan fingerprint density at radius 2 is 2.33 bits per heavy atom. The second-order valence-electron chi connectivity index (χ2n) is 5.30. The average Bonchev–Trinajstić information content (AvgIpc) is 2.84. The van der Waals surface area contributed by atoms with Crippen molar-refractivity contribution in [2.45, 2.75) is 45.2 Å². The van der Waals surface area contributed by atoms with Crippen LogP contribution in [0.3, 0.4) is 0 Å².